The van der Waals surface area contributed by atoms with E-state index in [0.29, 0.717) is 11.6 Å². The van der Waals surface area contributed by atoms with Gasteiger partial charge in [0.1, 0.15) is 5.69 Å². The van der Waals surface area contributed by atoms with Gasteiger partial charge < -0.3 is 15.4 Å². The Balaban J connectivity index is 2.02. The zero-order valence-electron chi connectivity index (χ0n) is 16.4. The summed E-state index contributed by atoms with van der Waals surface area (Å²) in [5.41, 5.74) is -1.34. The Bertz CT molecular complexity index is 935. The van der Waals surface area contributed by atoms with Crippen molar-refractivity contribution in [1.29, 1.82) is 0 Å². The topological polar surface area (TPSA) is 111 Å². The number of methoxy groups -OCH3 is 1. The Kier molecular flexibility index (Phi) is 7.94. The van der Waals surface area contributed by atoms with E-state index in [9.17, 15) is 32.9 Å². The van der Waals surface area contributed by atoms with Crippen LogP contribution in [0.25, 0.3) is 0 Å². The number of nitro groups is 1. The predicted molar refractivity (Wildman–Crippen MR) is 105 cm³/mol. The Labute approximate surface area is 175 Å². The van der Waals surface area contributed by atoms with Gasteiger partial charge in [0.15, 0.2) is 0 Å². The second-order valence-electron chi connectivity index (χ2n) is 6.47. The highest BCUT2D eigenvalue weighted by molar-refractivity contribution is 5.78. The molecule has 0 radical (unpaired) electrons. The summed E-state index contributed by atoms with van der Waals surface area (Å²) in [4.78, 5) is 34.1. The third-order valence-electron chi connectivity index (χ3n) is 4.32. The van der Waals surface area contributed by atoms with Crippen LogP contribution in [0.2, 0.25) is 0 Å². The lowest BCUT2D eigenvalue weighted by Gasteiger charge is -2.18. The number of halogens is 3. The molecule has 0 heterocycles. The molecule has 0 fully saturated rings. The standard InChI is InChI=1S/C20H20F3N3O5/c1-31-19(28)12-16(13-5-3-2-4-6-13)25-18(27)9-10-24-15-8-7-14(20(21,22)23)11-17(15)26(29)30/h2-8,11,16,24H,9-10,12H2,1H3,(H,25,27). The molecule has 1 amide bonds. The number of carbonyl (C=O) groups is 2. The van der Waals surface area contributed by atoms with Crippen LogP contribution in [-0.4, -0.2) is 30.5 Å². The highest BCUT2D eigenvalue weighted by atomic mass is 19.4. The smallest absolute Gasteiger partial charge is 0.416 e. The second-order valence-corrected chi connectivity index (χ2v) is 6.47. The number of anilines is 1. The van der Waals surface area contributed by atoms with Crippen molar-refractivity contribution >= 4 is 23.3 Å². The first kappa shape index (κ1) is 23.6. The molecule has 0 bridgehead atoms. The summed E-state index contributed by atoms with van der Waals surface area (Å²) in [5.74, 6) is -0.979. The largest absolute Gasteiger partial charge is 0.469 e. The molecule has 0 spiro atoms. The molecule has 166 valence electrons. The monoisotopic (exact) mass is 439 g/mol. The van der Waals surface area contributed by atoms with E-state index in [-0.39, 0.29) is 25.1 Å². The first-order chi connectivity index (χ1) is 14.6. The third-order valence-corrected chi connectivity index (χ3v) is 4.32. The number of nitrogens with zero attached hydrogens (tertiary/aromatic N) is 1. The van der Waals surface area contributed by atoms with Crippen LogP contribution in [0.3, 0.4) is 0 Å². The number of ether oxygens (including phenoxy) is 1. The maximum absolute atomic E-state index is 12.8. The number of amides is 1. The molecule has 0 aromatic heterocycles. The van der Waals surface area contributed by atoms with Crippen LogP contribution in [0, 0.1) is 10.1 Å². The lowest BCUT2D eigenvalue weighted by molar-refractivity contribution is -0.384. The number of carbonyl (C=O) groups excluding carboxylic acids is 2. The Hall–Kier alpha value is -3.63. The summed E-state index contributed by atoms with van der Waals surface area (Å²) in [6.45, 7) is -0.0717. The van der Waals surface area contributed by atoms with Crippen LogP contribution < -0.4 is 10.6 Å². The molecule has 1 unspecified atom stereocenters. The second kappa shape index (κ2) is 10.4. The molecule has 11 heteroatoms. The van der Waals surface area contributed by atoms with Crippen LogP contribution >= 0.6 is 0 Å². The highest BCUT2D eigenvalue weighted by Crippen LogP contribution is 2.34. The SMILES string of the molecule is COC(=O)CC(NC(=O)CCNc1ccc(C(F)(F)F)cc1[N+](=O)[O-])c1ccccc1. The maximum Gasteiger partial charge on any atom is 0.416 e. The van der Waals surface area contributed by atoms with E-state index >= 15 is 0 Å². The van der Waals surface area contributed by atoms with Crippen molar-refractivity contribution in [3.05, 3.63) is 69.8 Å². The molecular formula is C20H20F3N3O5. The number of alkyl halides is 3. The number of hydrogen-bond acceptors (Lipinski definition) is 6. The fourth-order valence-electron chi connectivity index (χ4n) is 2.77. The Morgan fingerprint density at radius 1 is 1.16 bits per heavy atom. The molecule has 0 saturated carbocycles. The van der Waals surface area contributed by atoms with Crippen molar-refractivity contribution < 1.29 is 32.4 Å². The van der Waals surface area contributed by atoms with Crippen molar-refractivity contribution in [2.45, 2.75) is 25.1 Å². The van der Waals surface area contributed by atoms with Gasteiger partial charge in [-0.25, -0.2) is 0 Å². The normalized spacial score (nSPS) is 12.0. The number of nitro benzene ring substituents is 1. The van der Waals surface area contributed by atoms with E-state index in [0.717, 1.165) is 12.1 Å². The van der Waals surface area contributed by atoms with E-state index in [1.807, 2.05) is 0 Å². The van der Waals surface area contributed by atoms with Crippen LogP contribution in [0.5, 0.6) is 0 Å². The van der Waals surface area contributed by atoms with Crippen molar-refractivity contribution in [3.8, 4) is 0 Å². The van der Waals surface area contributed by atoms with Crippen LogP contribution in [0.4, 0.5) is 24.5 Å². The average Bonchev–Trinajstić information content (AvgIpc) is 2.73. The van der Waals surface area contributed by atoms with Crippen molar-refractivity contribution in [1.82, 2.24) is 5.32 Å². The molecule has 1 atom stereocenters. The zero-order chi connectivity index (χ0) is 23.0. The summed E-state index contributed by atoms with van der Waals surface area (Å²) < 4.78 is 43.0. The van der Waals surface area contributed by atoms with Gasteiger partial charge in [0, 0.05) is 19.0 Å². The van der Waals surface area contributed by atoms with Crippen molar-refractivity contribution in [2.75, 3.05) is 19.0 Å². The van der Waals surface area contributed by atoms with Gasteiger partial charge in [0.25, 0.3) is 5.69 Å². The minimum absolute atomic E-state index is 0.0717. The van der Waals surface area contributed by atoms with E-state index in [2.05, 4.69) is 15.4 Å². The summed E-state index contributed by atoms with van der Waals surface area (Å²) in [7, 11) is 1.23. The van der Waals surface area contributed by atoms with Gasteiger partial charge in [0.2, 0.25) is 5.91 Å². The summed E-state index contributed by atoms with van der Waals surface area (Å²) in [6.07, 6.45) is -4.94. The number of hydrogen-bond donors (Lipinski definition) is 2. The summed E-state index contributed by atoms with van der Waals surface area (Å²) in [5, 5.41) is 16.4. The van der Waals surface area contributed by atoms with E-state index in [1.54, 1.807) is 30.3 Å². The molecule has 2 rings (SSSR count). The maximum atomic E-state index is 12.8. The number of esters is 1. The molecule has 2 aromatic carbocycles. The van der Waals surface area contributed by atoms with Gasteiger partial charge in [-0.15, -0.1) is 0 Å². The highest BCUT2D eigenvalue weighted by Gasteiger charge is 2.33. The van der Waals surface area contributed by atoms with Gasteiger partial charge in [-0.05, 0) is 17.7 Å². The summed E-state index contributed by atoms with van der Waals surface area (Å²) in [6, 6.07) is 10.2. The van der Waals surface area contributed by atoms with E-state index in [1.165, 1.54) is 7.11 Å². The van der Waals surface area contributed by atoms with Gasteiger partial charge in [-0.1, -0.05) is 30.3 Å². The molecule has 0 aliphatic heterocycles. The van der Waals surface area contributed by atoms with Gasteiger partial charge >= 0.3 is 12.1 Å². The number of rotatable bonds is 9. The average molecular weight is 439 g/mol. The zero-order valence-corrected chi connectivity index (χ0v) is 16.4. The van der Waals surface area contributed by atoms with Gasteiger partial charge in [-0.2, -0.15) is 13.2 Å². The number of nitrogens with one attached hydrogen (secondary N) is 2. The molecule has 0 saturated heterocycles. The van der Waals surface area contributed by atoms with Crippen molar-refractivity contribution in [2.24, 2.45) is 0 Å². The van der Waals surface area contributed by atoms with E-state index in [4.69, 9.17) is 0 Å². The fourth-order valence-corrected chi connectivity index (χ4v) is 2.77. The fraction of sp³-hybridized carbons (Fsp3) is 0.300. The minimum Gasteiger partial charge on any atom is -0.469 e. The first-order valence-corrected chi connectivity index (χ1v) is 9.12. The van der Waals surface area contributed by atoms with Crippen LogP contribution in [0.15, 0.2) is 48.5 Å². The third kappa shape index (κ3) is 6.98. The summed E-state index contributed by atoms with van der Waals surface area (Å²) >= 11 is 0. The van der Waals surface area contributed by atoms with Crippen LogP contribution in [0.1, 0.15) is 30.0 Å². The predicted octanol–water partition coefficient (Wildman–Crippen LogP) is 3.84. The minimum atomic E-state index is -4.71. The first-order valence-electron chi connectivity index (χ1n) is 9.12. The molecule has 0 aliphatic rings. The molecule has 2 aromatic rings. The molecular weight excluding hydrogens is 419 g/mol. The van der Waals surface area contributed by atoms with Gasteiger partial charge in [0.05, 0.1) is 30.1 Å². The molecule has 2 N–H and O–H groups in total. The van der Waals surface area contributed by atoms with Crippen molar-refractivity contribution in [3.63, 3.8) is 0 Å². The molecule has 0 aliphatic carbocycles. The Morgan fingerprint density at radius 3 is 2.42 bits per heavy atom. The number of benzene rings is 2. The Morgan fingerprint density at radius 2 is 1.84 bits per heavy atom. The molecule has 31 heavy (non-hydrogen) atoms. The quantitative estimate of drug-likeness (QED) is 0.349. The lowest BCUT2D eigenvalue weighted by atomic mass is 10.0. The van der Waals surface area contributed by atoms with Gasteiger partial charge in [-0.3, -0.25) is 19.7 Å². The lowest BCUT2D eigenvalue weighted by Crippen LogP contribution is -2.31. The van der Waals surface area contributed by atoms with Crippen LogP contribution in [-0.2, 0) is 20.5 Å². The molecule has 8 nitrogen and oxygen atoms in total. The van der Waals surface area contributed by atoms with E-state index < -0.39 is 40.3 Å².